The molecule has 0 aromatic heterocycles. The van der Waals surface area contributed by atoms with Gasteiger partial charge < -0.3 is 4.74 Å². The van der Waals surface area contributed by atoms with Gasteiger partial charge >= 0.3 is 0 Å². The Bertz CT molecular complexity index is 393. The highest BCUT2D eigenvalue weighted by Gasteiger charge is 2.08. The van der Waals surface area contributed by atoms with E-state index in [2.05, 4.69) is 35.8 Å². The molecule has 0 saturated heterocycles. The van der Waals surface area contributed by atoms with E-state index in [-0.39, 0.29) is 0 Å². The van der Waals surface area contributed by atoms with Crippen LogP contribution < -0.4 is 4.74 Å². The summed E-state index contributed by atoms with van der Waals surface area (Å²) < 4.78 is 7.00. The summed E-state index contributed by atoms with van der Waals surface area (Å²) in [5, 5.41) is 0. The van der Waals surface area contributed by atoms with Crippen molar-refractivity contribution in [2.75, 3.05) is 6.61 Å². The average molecular weight is 362 g/mol. The quantitative estimate of drug-likeness (QED) is 0.336. The first kappa shape index (κ1) is 17.8. The molecule has 0 heterocycles. The zero-order valence-corrected chi connectivity index (χ0v) is 15.0. The van der Waals surface area contributed by atoms with Gasteiger partial charge in [0.05, 0.1) is 12.5 Å². The number of aryl methyl sites for hydroxylation is 1. The summed E-state index contributed by atoms with van der Waals surface area (Å²) in [7, 11) is 0. The van der Waals surface area contributed by atoms with Gasteiger partial charge in [0, 0.05) is 10.0 Å². The van der Waals surface area contributed by atoms with Gasteiger partial charge in [-0.1, -0.05) is 61.4 Å². The first-order valence-electron chi connectivity index (χ1n) is 7.66. The van der Waals surface area contributed by atoms with Crippen molar-refractivity contribution in [1.82, 2.24) is 0 Å². The molecule has 20 heavy (non-hydrogen) atoms. The Balaban J connectivity index is 2.28. The van der Waals surface area contributed by atoms with Crippen LogP contribution in [0.15, 0.2) is 16.6 Å². The van der Waals surface area contributed by atoms with Gasteiger partial charge in [0.25, 0.3) is 0 Å². The van der Waals surface area contributed by atoms with E-state index in [9.17, 15) is 0 Å². The normalized spacial score (nSPS) is 10.8. The monoisotopic (exact) mass is 360 g/mol. The van der Waals surface area contributed by atoms with E-state index in [0.717, 1.165) is 34.4 Å². The number of hydrogen-bond acceptors (Lipinski definition) is 1. The molecule has 1 nitrogen and oxygen atoms in total. The van der Waals surface area contributed by atoms with Crippen molar-refractivity contribution >= 4 is 27.5 Å². The molecule has 0 unspecified atom stereocenters. The predicted molar refractivity (Wildman–Crippen MR) is 91.9 cm³/mol. The maximum atomic E-state index is 5.99. The van der Waals surface area contributed by atoms with Crippen LogP contribution in [0.25, 0.3) is 0 Å². The average Bonchev–Trinajstić information content (AvgIpc) is 2.43. The number of unbranched alkanes of at least 4 members (excludes halogenated alkanes) is 6. The molecule has 0 aliphatic heterocycles. The van der Waals surface area contributed by atoms with Crippen LogP contribution in [-0.4, -0.2) is 6.61 Å². The lowest BCUT2D eigenvalue weighted by molar-refractivity contribution is 0.300. The molecule has 1 aromatic rings. The lowest BCUT2D eigenvalue weighted by atomic mass is 10.1. The highest BCUT2D eigenvalue weighted by atomic mass is 79.9. The second-order valence-corrected chi connectivity index (χ2v) is 6.50. The van der Waals surface area contributed by atoms with Gasteiger partial charge in [-0.25, -0.2) is 0 Å². The molecule has 0 aliphatic rings. The molecule has 114 valence electrons. The fourth-order valence-electron chi connectivity index (χ4n) is 2.34. The summed E-state index contributed by atoms with van der Waals surface area (Å²) >= 11 is 9.48. The molecule has 0 atom stereocenters. The van der Waals surface area contributed by atoms with Gasteiger partial charge in [-0.2, -0.15) is 0 Å². The van der Waals surface area contributed by atoms with Crippen LogP contribution in [0.4, 0.5) is 0 Å². The topological polar surface area (TPSA) is 9.23 Å². The molecule has 0 fully saturated rings. The third-order valence-electron chi connectivity index (χ3n) is 3.45. The van der Waals surface area contributed by atoms with E-state index in [4.69, 9.17) is 16.3 Å². The van der Waals surface area contributed by atoms with Gasteiger partial charge in [-0.15, -0.1) is 11.6 Å². The SMILES string of the molecule is CCCCCCCCCOc1c(C)cc(Br)cc1CCl. The first-order chi connectivity index (χ1) is 9.69. The first-order valence-corrected chi connectivity index (χ1v) is 8.99. The second kappa shape index (κ2) is 10.5. The number of hydrogen-bond donors (Lipinski definition) is 0. The van der Waals surface area contributed by atoms with E-state index in [0.29, 0.717) is 5.88 Å². The summed E-state index contributed by atoms with van der Waals surface area (Å²) in [6, 6.07) is 4.12. The Hall–Kier alpha value is -0.210. The van der Waals surface area contributed by atoms with Crippen LogP contribution in [0.5, 0.6) is 5.75 Å². The Kier molecular flexibility index (Phi) is 9.37. The van der Waals surface area contributed by atoms with Crippen molar-refractivity contribution in [2.45, 2.75) is 64.7 Å². The van der Waals surface area contributed by atoms with Gasteiger partial charge in [-0.05, 0) is 31.0 Å². The van der Waals surface area contributed by atoms with E-state index < -0.39 is 0 Å². The van der Waals surface area contributed by atoms with Crippen molar-refractivity contribution in [2.24, 2.45) is 0 Å². The summed E-state index contributed by atoms with van der Waals surface area (Å²) in [5.74, 6) is 1.46. The number of ether oxygens (including phenoxy) is 1. The maximum absolute atomic E-state index is 5.99. The Morgan fingerprint density at radius 2 is 1.70 bits per heavy atom. The largest absolute Gasteiger partial charge is 0.493 e. The summed E-state index contributed by atoms with van der Waals surface area (Å²) in [6.45, 7) is 5.11. The molecule has 0 bridgehead atoms. The zero-order chi connectivity index (χ0) is 14.8. The van der Waals surface area contributed by atoms with E-state index in [1.54, 1.807) is 0 Å². The van der Waals surface area contributed by atoms with Gasteiger partial charge in [0.15, 0.2) is 0 Å². The molecule has 3 heteroatoms. The predicted octanol–water partition coefficient (Wildman–Crippen LogP) is 6.63. The van der Waals surface area contributed by atoms with E-state index in [1.165, 1.54) is 38.5 Å². The minimum Gasteiger partial charge on any atom is -0.493 e. The lowest BCUT2D eigenvalue weighted by Crippen LogP contribution is -2.01. The minimum absolute atomic E-state index is 0.493. The van der Waals surface area contributed by atoms with Gasteiger partial charge in [0.1, 0.15) is 5.75 Å². The third-order valence-corrected chi connectivity index (χ3v) is 4.20. The van der Waals surface area contributed by atoms with Crippen LogP contribution in [0.3, 0.4) is 0 Å². The third kappa shape index (κ3) is 6.49. The van der Waals surface area contributed by atoms with E-state index >= 15 is 0 Å². The van der Waals surface area contributed by atoms with Crippen LogP contribution in [0, 0.1) is 6.92 Å². The molecule has 0 saturated carbocycles. The Morgan fingerprint density at radius 3 is 2.35 bits per heavy atom. The van der Waals surface area contributed by atoms with Crippen molar-refractivity contribution in [3.05, 3.63) is 27.7 Å². The fraction of sp³-hybridized carbons (Fsp3) is 0.647. The summed E-state index contributed by atoms with van der Waals surface area (Å²) in [4.78, 5) is 0. The fourth-order valence-corrected chi connectivity index (χ4v) is 3.16. The van der Waals surface area contributed by atoms with Crippen molar-refractivity contribution in [3.63, 3.8) is 0 Å². The van der Waals surface area contributed by atoms with Crippen LogP contribution >= 0.6 is 27.5 Å². The standard InChI is InChI=1S/C17H26BrClO/c1-3-4-5-6-7-8-9-10-20-17-14(2)11-16(18)12-15(17)13-19/h11-12H,3-10,13H2,1-2H3. The summed E-state index contributed by atoms with van der Waals surface area (Å²) in [6.07, 6.45) is 9.13. The number of rotatable bonds is 10. The van der Waals surface area contributed by atoms with Crippen molar-refractivity contribution < 1.29 is 4.74 Å². The van der Waals surface area contributed by atoms with Crippen molar-refractivity contribution in [3.8, 4) is 5.75 Å². The van der Waals surface area contributed by atoms with Gasteiger partial charge in [-0.3, -0.25) is 0 Å². The zero-order valence-electron chi connectivity index (χ0n) is 12.7. The molecule has 1 rings (SSSR count). The maximum Gasteiger partial charge on any atom is 0.126 e. The highest BCUT2D eigenvalue weighted by Crippen LogP contribution is 2.29. The van der Waals surface area contributed by atoms with E-state index in [1.807, 2.05) is 6.07 Å². The molecule has 0 radical (unpaired) electrons. The Labute approximate surface area is 137 Å². The molecule has 0 amide bonds. The van der Waals surface area contributed by atoms with Gasteiger partial charge in [0.2, 0.25) is 0 Å². The van der Waals surface area contributed by atoms with Crippen LogP contribution in [0.2, 0.25) is 0 Å². The molecular weight excluding hydrogens is 336 g/mol. The second-order valence-electron chi connectivity index (χ2n) is 5.31. The summed E-state index contributed by atoms with van der Waals surface area (Å²) in [5.41, 5.74) is 2.22. The van der Waals surface area contributed by atoms with Crippen LogP contribution in [0.1, 0.15) is 63.0 Å². The molecular formula is C17H26BrClO. The van der Waals surface area contributed by atoms with Crippen LogP contribution in [-0.2, 0) is 5.88 Å². The number of halogens is 2. The highest BCUT2D eigenvalue weighted by molar-refractivity contribution is 9.10. The molecule has 0 N–H and O–H groups in total. The smallest absolute Gasteiger partial charge is 0.126 e. The van der Waals surface area contributed by atoms with Crippen molar-refractivity contribution in [1.29, 1.82) is 0 Å². The Morgan fingerprint density at radius 1 is 1.05 bits per heavy atom. The number of benzene rings is 1. The minimum atomic E-state index is 0.493. The molecule has 1 aromatic carbocycles. The lowest BCUT2D eigenvalue weighted by Gasteiger charge is -2.13. The number of alkyl halides is 1. The molecule has 0 aliphatic carbocycles. The molecule has 0 spiro atoms.